The third-order valence-corrected chi connectivity index (χ3v) is 2.87. The number of nitrogens with zero attached hydrogens (tertiary/aromatic N) is 2. The van der Waals surface area contributed by atoms with Crippen molar-refractivity contribution < 1.29 is 14.3 Å². The zero-order chi connectivity index (χ0) is 13.8. The average Bonchev–Trinajstić information content (AvgIpc) is 2.96. The predicted octanol–water partition coefficient (Wildman–Crippen LogP) is 1.66. The molecule has 0 fully saturated rings. The zero-order valence-electron chi connectivity index (χ0n) is 11.0. The lowest BCUT2D eigenvalue weighted by Gasteiger charge is -2.13. The van der Waals surface area contributed by atoms with E-state index in [1.807, 2.05) is 17.7 Å². The second-order valence-corrected chi connectivity index (χ2v) is 4.53. The van der Waals surface area contributed by atoms with Gasteiger partial charge in [-0.05, 0) is 19.9 Å². The Hall–Kier alpha value is -2.08. The van der Waals surface area contributed by atoms with Gasteiger partial charge in [-0.25, -0.2) is 9.78 Å². The highest BCUT2D eigenvalue weighted by Crippen LogP contribution is 2.14. The predicted molar refractivity (Wildman–Crippen MR) is 68.9 cm³/mol. The molecule has 6 nitrogen and oxygen atoms in total. The van der Waals surface area contributed by atoms with Crippen LogP contribution < -0.4 is 5.32 Å². The van der Waals surface area contributed by atoms with Crippen LogP contribution in [-0.2, 0) is 13.1 Å². The van der Waals surface area contributed by atoms with Gasteiger partial charge in [0.05, 0.1) is 12.9 Å². The standard InChI is InChI=1S/C13H17N3O3/c1-9(7-16-4-3-14-8-16)15-6-11-5-12(13(17)18)10(2)19-11/h3-5,8-9,15H,6-7H2,1-2H3,(H,17,18). The molecule has 0 aromatic carbocycles. The summed E-state index contributed by atoms with van der Waals surface area (Å²) in [6, 6.07) is 1.79. The van der Waals surface area contributed by atoms with E-state index in [4.69, 9.17) is 9.52 Å². The molecular weight excluding hydrogens is 246 g/mol. The van der Waals surface area contributed by atoms with Gasteiger partial charge in [0, 0.05) is 25.0 Å². The van der Waals surface area contributed by atoms with Crippen LogP contribution in [0.2, 0.25) is 0 Å². The lowest BCUT2D eigenvalue weighted by molar-refractivity contribution is 0.0695. The number of carbonyl (C=O) groups is 1. The average molecular weight is 263 g/mol. The van der Waals surface area contributed by atoms with Crippen LogP contribution in [0.1, 0.15) is 28.8 Å². The monoisotopic (exact) mass is 263 g/mol. The van der Waals surface area contributed by atoms with E-state index >= 15 is 0 Å². The molecule has 6 heteroatoms. The Morgan fingerprint density at radius 1 is 1.63 bits per heavy atom. The van der Waals surface area contributed by atoms with E-state index < -0.39 is 5.97 Å². The number of carboxylic acid groups (broad SMARTS) is 1. The number of carboxylic acids is 1. The summed E-state index contributed by atoms with van der Waals surface area (Å²) >= 11 is 0. The van der Waals surface area contributed by atoms with Crippen molar-refractivity contribution >= 4 is 5.97 Å². The molecule has 0 amide bonds. The first-order valence-electron chi connectivity index (χ1n) is 6.08. The van der Waals surface area contributed by atoms with Gasteiger partial charge in [0.15, 0.2) is 0 Å². The van der Waals surface area contributed by atoms with Gasteiger partial charge in [0.1, 0.15) is 17.1 Å². The zero-order valence-corrected chi connectivity index (χ0v) is 11.0. The highest BCUT2D eigenvalue weighted by molar-refractivity contribution is 5.88. The maximum atomic E-state index is 10.9. The first-order valence-corrected chi connectivity index (χ1v) is 6.08. The van der Waals surface area contributed by atoms with Crippen molar-refractivity contribution in [2.45, 2.75) is 33.0 Å². The van der Waals surface area contributed by atoms with Crippen LogP contribution >= 0.6 is 0 Å². The van der Waals surface area contributed by atoms with E-state index in [0.29, 0.717) is 18.1 Å². The highest BCUT2D eigenvalue weighted by Gasteiger charge is 2.14. The summed E-state index contributed by atoms with van der Waals surface area (Å²) in [5.74, 6) is 0.109. The van der Waals surface area contributed by atoms with Crippen LogP contribution in [0.15, 0.2) is 29.2 Å². The first-order chi connectivity index (χ1) is 9.06. The Bertz CT molecular complexity index is 545. The van der Waals surface area contributed by atoms with Crippen molar-refractivity contribution in [2.75, 3.05) is 0 Å². The molecule has 102 valence electrons. The third-order valence-electron chi connectivity index (χ3n) is 2.87. The molecule has 0 radical (unpaired) electrons. The summed E-state index contributed by atoms with van der Waals surface area (Å²) in [5.41, 5.74) is 0.221. The summed E-state index contributed by atoms with van der Waals surface area (Å²) in [7, 11) is 0. The molecule has 2 N–H and O–H groups in total. The molecule has 2 aromatic rings. The summed E-state index contributed by atoms with van der Waals surface area (Å²) in [5, 5.41) is 12.2. The Balaban J connectivity index is 1.88. The number of furan rings is 1. The van der Waals surface area contributed by atoms with Crippen LogP contribution in [0.3, 0.4) is 0 Å². The minimum atomic E-state index is -0.959. The normalized spacial score (nSPS) is 12.5. The molecule has 0 saturated heterocycles. The van der Waals surface area contributed by atoms with Crippen molar-refractivity contribution in [3.8, 4) is 0 Å². The molecule has 2 aromatic heterocycles. The van der Waals surface area contributed by atoms with Crippen LogP contribution in [0.4, 0.5) is 0 Å². The maximum absolute atomic E-state index is 10.9. The van der Waals surface area contributed by atoms with E-state index in [-0.39, 0.29) is 11.6 Å². The minimum absolute atomic E-state index is 0.221. The number of aromatic nitrogens is 2. The number of imidazole rings is 1. The Morgan fingerprint density at radius 3 is 3.00 bits per heavy atom. The van der Waals surface area contributed by atoms with Crippen molar-refractivity contribution in [1.82, 2.24) is 14.9 Å². The summed E-state index contributed by atoms with van der Waals surface area (Å²) in [4.78, 5) is 14.9. The summed E-state index contributed by atoms with van der Waals surface area (Å²) in [6.07, 6.45) is 5.40. The fourth-order valence-electron chi connectivity index (χ4n) is 1.89. The van der Waals surface area contributed by atoms with E-state index in [1.54, 1.807) is 25.5 Å². The molecule has 19 heavy (non-hydrogen) atoms. The fraction of sp³-hybridized carbons (Fsp3) is 0.385. The Morgan fingerprint density at radius 2 is 2.42 bits per heavy atom. The van der Waals surface area contributed by atoms with Crippen molar-refractivity contribution in [3.05, 3.63) is 41.9 Å². The molecule has 1 unspecified atom stereocenters. The molecule has 1 atom stereocenters. The third kappa shape index (κ3) is 3.45. The van der Waals surface area contributed by atoms with Crippen LogP contribution in [0, 0.1) is 6.92 Å². The molecule has 0 aliphatic rings. The second kappa shape index (κ2) is 5.71. The number of aromatic carboxylic acids is 1. The van der Waals surface area contributed by atoms with Gasteiger partial charge in [-0.3, -0.25) is 0 Å². The number of aryl methyl sites for hydroxylation is 1. The van der Waals surface area contributed by atoms with E-state index in [9.17, 15) is 4.79 Å². The largest absolute Gasteiger partial charge is 0.478 e. The summed E-state index contributed by atoms with van der Waals surface area (Å²) < 4.78 is 7.38. The van der Waals surface area contributed by atoms with Gasteiger partial charge in [-0.1, -0.05) is 0 Å². The first kappa shape index (κ1) is 13.4. The van der Waals surface area contributed by atoms with Crippen LogP contribution in [-0.4, -0.2) is 26.7 Å². The van der Waals surface area contributed by atoms with Gasteiger partial charge < -0.3 is 19.4 Å². The minimum Gasteiger partial charge on any atom is -0.478 e. The van der Waals surface area contributed by atoms with Gasteiger partial charge in [0.25, 0.3) is 0 Å². The highest BCUT2D eigenvalue weighted by atomic mass is 16.4. The van der Waals surface area contributed by atoms with Crippen molar-refractivity contribution in [3.63, 3.8) is 0 Å². The van der Waals surface area contributed by atoms with Gasteiger partial charge in [-0.15, -0.1) is 0 Å². The quantitative estimate of drug-likeness (QED) is 0.828. The van der Waals surface area contributed by atoms with E-state index in [1.165, 1.54) is 0 Å². The molecule has 2 heterocycles. The molecule has 2 rings (SSSR count). The van der Waals surface area contributed by atoms with Gasteiger partial charge >= 0.3 is 5.97 Å². The molecule has 0 aliphatic carbocycles. The van der Waals surface area contributed by atoms with E-state index in [2.05, 4.69) is 10.3 Å². The Kier molecular flexibility index (Phi) is 4.01. The molecule has 0 saturated carbocycles. The van der Waals surface area contributed by atoms with Gasteiger partial charge in [0.2, 0.25) is 0 Å². The fourth-order valence-corrected chi connectivity index (χ4v) is 1.89. The Labute approximate surface area is 111 Å². The topological polar surface area (TPSA) is 80.3 Å². The SMILES string of the molecule is Cc1oc(CNC(C)Cn2ccnc2)cc1C(=O)O. The molecule has 0 bridgehead atoms. The molecule has 0 aliphatic heterocycles. The van der Waals surface area contributed by atoms with Crippen molar-refractivity contribution in [1.29, 1.82) is 0 Å². The number of rotatable bonds is 6. The second-order valence-electron chi connectivity index (χ2n) is 4.53. The number of hydrogen-bond acceptors (Lipinski definition) is 4. The number of hydrogen-bond donors (Lipinski definition) is 2. The van der Waals surface area contributed by atoms with Crippen LogP contribution in [0.25, 0.3) is 0 Å². The number of nitrogens with one attached hydrogen (secondary N) is 1. The molecular formula is C13H17N3O3. The summed E-state index contributed by atoms with van der Waals surface area (Å²) in [6.45, 7) is 5.01. The lowest BCUT2D eigenvalue weighted by Crippen LogP contribution is -2.29. The van der Waals surface area contributed by atoms with Crippen molar-refractivity contribution in [2.24, 2.45) is 0 Å². The maximum Gasteiger partial charge on any atom is 0.339 e. The van der Waals surface area contributed by atoms with Crippen LogP contribution in [0.5, 0.6) is 0 Å². The van der Waals surface area contributed by atoms with Gasteiger partial charge in [-0.2, -0.15) is 0 Å². The van der Waals surface area contributed by atoms with E-state index in [0.717, 1.165) is 6.54 Å². The smallest absolute Gasteiger partial charge is 0.339 e. The molecule has 0 spiro atoms. The lowest BCUT2D eigenvalue weighted by atomic mass is 10.2.